The van der Waals surface area contributed by atoms with Crippen molar-refractivity contribution in [1.82, 2.24) is 9.21 Å². The molecule has 10 heteroatoms. The second-order valence-electron chi connectivity index (χ2n) is 8.31. The van der Waals surface area contributed by atoms with Crippen molar-refractivity contribution < 1.29 is 27.5 Å². The van der Waals surface area contributed by atoms with E-state index in [9.17, 15) is 27.5 Å². The molecule has 0 aromatic heterocycles. The Morgan fingerprint density at radius 2 is 2.05 bits per heavy atom. The summed E-state index contributed by atoms with van der Waals surface area (Å²) in [5.41, 5.74) is 8.06. The first kappa shape index (κ1) is 29.5. The first-order chi connectivity index (χ1) is 17.8. The number of carbonyl (C=O) groups excluding carboxylic acids is 4. The van der Waals surface area contributed by atoms with Crippen molar-refractivity contribution in [2.24, 2.45) is 5.73 Å². The molecule has 2 N–H and O–H groups in total. The Labute approximate surface area is 219 Å². The van der Waals surface area contributed by atoms with Crippen LogP contribution in [0.15, 0.2) is 36.4 Å². The molecule has 0 aliphatic carbocycles. The van der Waals surface area contributed by atoms with Gasteiger partial charge in [0.2, 0.25) is 6.41 Å². The van der Waals surface area contributed by atoms with Gasteiger partial charge in [0.1, 0.15) is 12.1 Å². The maximum atomic E-state index is 13.8. The Kier molecular flexibility index (Phi) is 11.8. The van der Waals surface area contributed by atoms with Crippen LogP contribution >= 0.6 is 12.3 Å². The number of carbonyl (C=O) groups is 4. The Morgan fingerprint density at radius 1 is 1.30 bits per heavy atom. The topological polar surface area (TPSA) is 101 Å². The number of hydrogen-bond donors (Lipinski definition) is 1. The number of rotatable bonds is 10. The van der Waals surface area contributed by atoms with Crippen LogP contribution in [0.4, 0.5) is 8.28 Å². The SMILES string of the molecule is CCCC(C=O)N1Cc2c(C#CCCCc3ccc(C(N)=O)c(F)c3)cccc2C1=O.CN(C=O)SF. The Balaban J connectivity index is 0.000000717. The molecule has 7 nitrogen and oxygen atoms in total. The molecule has 37 heavy (non-hydrogen) atoms. The Morgan fingerprint density at radius 3 is 2.62 bits per heavy atom. The van der Waals surface area contributed by atoms with Gasteiger partial charge in [-0.1, -0.05) is 37.3 Å². The first-order valence-corrected chi connectivity index (χ1v) is 12.4. The quantitative estimate of drug-likeness (QED) is 0.215. The highest BCUT2D eigenvalue weighted by atomic mass is 32.2. The number of primary amides is 1. The number of benzene rings is 2. The van der Waals surface area contributed by atoms with Crippen molar-refractivity contribution >= 4 is 36.8 Å². The number of nitrogens with two attached hydrogens (primary N) is 1. The van der Waals surface area contributed by atoms with Gasteiger partial charge in [0.25, 0.3) is 11.8 Å². The molecular formula is C27H29F2N3O4S. The van der Waals surface area contributed by atoms with E-state index < -0.39 is 17.8 Å². The minimum absolute atomic E-state index is 0.110. The first-order valence-electron chi connectivity index (χ1n) is 11.7. The lowest BCUT2D eigenvalue weighted by molar-refractivity contribution is -0.113. The molecule has 0 bridgehead atoms. The van der Waals surface area contributed by atoms with E-state index in [0.29, 0.717) is 37.8 Å². The maximum absolute atomic E-state index is 13.8. The Bertz CT molecular complexity index is 1200. The second kappa shape index (κ2) is 14.8. The van der Waals surface area contributed by atoms with Crippen molar-refractivity contribution in [1.29, 1.82) is 0 Å². The fraction of sp³-hybridized carbons (Fsp3) is 0.333. The zero-order chi connectivity index (χ0) is 27.4. The van der Waals surface area contributed by atoms with Crippen LogP contribution in [0.5, 0.6) is 0 Å². The summed E-state index contributed by atoms with van der Waals surface area (Å²) in [5, 5.41) is 0. The lowest BCUT2D eigenvalue weighted by atomic mass is 10.0. The predicted molar refractivity (Wildman–Crippen MR) is 138 cm³/mol. The molecule has 0 saturated carbocycles. The minimum Gasteiger partial charge on any atom is -0.366 e. The smallest absolute Gasteiger partial charge is 0.255 e. The fourth-order valence-electron chi connectivity index (χ4n) is 3.80. The van der Waals surface area contributed by atoms with Crippen LogP contribution in [-0.4, -0.2) is 46.8 Å². The van der Waals surface area contributed by atoms with E-state index in [0.717, 1.165) is 40.1 Å². The monoisotopic (exact) mass is 529 g/mol. The van der Waals surface area contributed by atoms with Gasteiger partial charge in [0, 0.05) is 31.1 Å². The molecule has 0 spiro atoms. The highest BCUT2D eigenvalue weighted by Crippen LogP contribution is 2.28. The van der Waals surface area contributed by atoms with Crippen LogP contribution in [0.3, 0.4) is 0 Å². The number of fused-ring (bicyclic) bond motifs is 1. The number of nitrogens with zero attached hydrogens (tertiary/aromatic N) is 2. The normalized spacial score (nSPS) is 12.4. The highest BCUT2D eigenvalue weighted by molar-refractivity contribution is 7.92. The summed E-state index contributed by atoms with van der Waals surface area (Å²) in [6.45, 7) is 2.38. The number of aldehydes is 1. The molecule has 1 heterocycles. The zero-order valence-corrected chi connectivity index (χ0v) is 21.5. The number of hydrogen-bond acceptors (Lipinski definition) is 5. The summed E-state index contributed by atoms with van der Waals surface area (Å²) in [5.74, 6) is 4.76. The molecule has 3 amide bonds. The standard InChI is InChI=1S/C25H25FN2O3.C2H4FNOS/c1-2-7-19(16-29)28-15-22-18(10-6-11-20(22)25(28)31)9-5-3-4-8-17-12-13-21(24(27)30)23(26)14-17;1-4(2-5)6-3/h6,10-14,16,19H,2-4,7-8,15H2,1H3,(H2,27,30);2H,1H3. The molecule has 0 saturated heterocycles. The van der Waals surface area contributed by atoms with E-state index in [-0.39, 0.29) is 23.8 Å². The van der Waals surface area contributed by atoms with E-state index in [4.69, 9.17) is 5.73 Å². The van der Waals surface area contributed by atoms with E-state index in [1.165, 1.54) is 19.2 Å². The van der Waals surface area contributed by atoms with Crippen LogP contribution in [0.2, 0.25) is 0 Å². The molecule has 3 rings (SSSR count). The maximum Gasteiger partial charge on any atom is 0.255 e. The highest BCUT2D eigenvalue weighted by Gasteiger charge is 2.33. The molecule has 1 aliphatic heterocycles. The molecule has 2 aromatic carbocycles. The molecule has 1 unspecified atom stereocenters. The largest absolute Gasteiger partial charge is 0.366 e. The van der Waals surface area contributed by atoms with Crippen molar-refractivity contribution in [3.63, 3.8) is 0 Å². The number of unbranched alkanes of at least 4 members (excludes halogenated alkanes) is 1. The lowest BCUT2D eigenvalue weighted by Crippen LogP contribution is -2.36. The van der Waals surface area contributed by atoms with E-state index in [2.05, 4.69) is 11.8 Å². The molecule has 1 aliphatic rings. The van der Waals surface area contributed by atoms with Crippen LogP contribution in [0.25, 0.3) is 0 Å². The van der Waals surface area contributed by atoms with Gasteiger partial charge in [-0.05, 0) is 54.7 Å². The predicted octanol–water partition coefficient (Wildman–Crippen LogP) is 4.23. The van der Waals surface area contributed by atoms with E-state index in [1.54, 1.807) is 17.0 Å². The van der Waals surface area contributed by atoms with Crippen molar-refractivity contribution in [3.8, 4) is 11.8 Å². The molecular weight excluding hydrogens is 500 g/mol. The third kappa shape index (κ3) is 8.15. The number of halogens is 2. The number of aryl methyl sites for hydroxylation is 1. The van der Waals surface area contributed by atoms with Gasteiger partial charge in [-0.25, -0.2) is 4.39 Å². The van der Waals surface area contributed by atoms with Crippen molar-refractivity contribution in [2.45, 2.75) is 51.6 Å². The van der Waals surface area contributed by atoms with Gasteiger partial charge < -0.3 is 15.4 Å². The number of amides is 3. The minimum atomic E-state index is -0.781. The van der Waals surface area contributed by atoms with Crippen LogP contribution in [0.1, 0.15) is 70.0 Å². The van der Waals surface area contributed by atoms with Gasteiger partial charge in [0.15, 0.2) is 12.3 Å². The third-order valence-electron chi connectivity index (χ3n) is 5.68. The van der Waals surface area contributed by atoms with Crippen LogP contribution in [-0.2, 0) is 22.6 Å². The van der Waals surface area contributed by atoms with Gasteiger partial charge >= 0.3 is 0 Å². The summed E-state index contributed by atoms with van der Waals surface area (Å²) < 4.78 is 25.7. The average molecular weight is 530 g/mol. The van der Waals surface area contributed by atoms with Crippen molar-refractivity contribution in [3.05, 3.63) is 70.0 Å². The van der Waals surface area contributed by atoms with Crippen molar-refractivity contribution in [2.75, 3.05) is 7.05 Å². The van der Waals surface area contributed by atoms with E-state index in [1.807, 2.05) is 19.1 Å². The summed E-state index contributed by atoms with van der Waals surface area (Å²) in [4.78, 5) is 46.3. The van der Waals surface area contributed by atoms with Gasteiger partial charge in [-0.15, -0.1) is 3.89 Å². The van der Waals surface area contributed by atoms with Crippen LogP contribution < -0.4 is 5.73 Å². The second-order valence-corrected chi connectivity index (χ2v) is 9.03. The van der Waals surface area contributed by atoms with Gasteiger partial charge in [-0.2, -0.15) is 0 Å². The molecule has 0 radical (unpaired) electrons. The van der Waals surface area contributed by atoms with E-state index >= 15 is 0 Å². The summed E-state index contributed by atoms with van der Waals surface area (Å²) in [6, 6.07) is 9.49. The Hall–Kier alpha value is -3.71. The third-order valence-corrected chi connectivity index (χ3v) is 5.99. The lowest BCUT2D eigenvalue weighted by Gasteiger charge is -2.22. The summed E-state index contributed by atoms with van der Waals surface area (Å²) in [6.07, 6.45) is 4.67. The summed E-state index contributed by atoms with van der Waals surface area (Å²) >= 11 is -0.110. The van der Waals surface area contributed by atoms with Gasteiger partial charge in [-0.3, -0.25) is 18.7 Å². The summed E-state index contributed by atoms with van der Waals surface area (Å²) in [7, 11) is 1.33. The molecule has 0 fully saturated rings. The van der Waals surface area contributed by atoms with Gasteiger partial charge in [0.05, 0.1) is 11.6 Å². The zero-order valence-electron chi connectivity index (χ0n) is 20.7. The van der Waals surface area contributed by atoms with Crippen LogP contribution in [0, 0.1) is 17.7 Å². The molecule has 196 valence electrons. The fourth-order valence-corrected chi connectivity index (χ4v) is 3.83. The molecule has 2 aromatic rings. The average Bonchev–Trinajstić information content (AvgIpc) is 3.23. The molecule has 1 atom stereocenters.